The Morgan fingerprint density at radius 3 is 2.48 bits per heavy atom. The van der Waals surface area contributed by atoms with Crippen LogP contribution in [0, 0.1) is 0 Å². The molecule has 2 atom stereocenters. The predicted molar refractivity (Wildman–Crippen MR) is 103 cm³/mol. The molecule has 0 aliphatic heterocycles. The summed E-state index contributed by atoms with van der Waals surface area (Å²) in [6.45, 7) is 2.83. The van der Waals surface area contributed by atoms with Crippen LogP contribution in [0.15, 0.2) is 54.7 Å². The maximum absolute atomic E-state index is 12.9. The molecule has 2 aromatic carbocycles. The second-order valence-electron chi connectivity index (χ2n) is 6.92. The largest absolute Gasteiger partial charge is 0.378 e. The van der Waals surface area contributed by atoms with Crippen LogP contribution >= 0.6 is 0 Å². The minimum Gasteiger partial charge on any atom is -0.378 e. The van der Waals surface area contributed by atoms with E-state index in [1.807, 2.05) is 51.5 Å². The molecule has 4 heteroatoms. The number of carbonyl (C=O) groups is 1. The van der Waals surface area contributed by atoms with E-state index in [1.54, 1.807) is 0 Å². The molecule has 3 rings (SSSR count). The highest BCUT2D eigenvalue weighted by Crippen LogP contribution is 2.18. The van der Waals surface area contributed by atoms with Crippen molar-refractivity contribution in [3.8, 4) is 0 Å². The van der Waals surface area contributed by atoms with Crippen LogP contribution in [0.3, 0.4) is 0 Å². The quantitative estimate of drug-likeness (QED) is 0.679. The highest BCUT2D eigenvalue weighted by atomic mass is 16.1. The molecule has 1 unspecified atom stereocenters. The van der Waals surface area contributed by atoms with E-state index in [4.69, 9.17) is 0 Å². The highest BCUT2D eigenvalue weighted by molar-refractivity contribution is 6.09. The third-order valence-corrected chi connectivity index (χ3v) is 4.92. The minimum absolute atomic E-state index is 0.104. The summed E-state index contributed by atoms with van der Waals surface area (Å²) in [4.78, 5) is 19.4. The van der Waals surface area contributed by atoms with Gasteiger partial charge in [-0.2, -0.15) is 0 Å². The number of anilines is 1. The van der Waals surface area contributed by atoms with Gasteiger partial charge in [-0.15, -0.1) is 0 Å². The molecule has 1 heterocycles. The number of fused-ring (bicyclic) bond motifs is 1. The Balaban J connectivity index is 1.73. The summed E-state index contributed by atoms with van der Waals surface area (Å²) >= 11 is 0. The lowest BCUT2D eigenvalue weighted by atomic mass is 10.0. The van der Waals surface area contributed by atoms with E-state index in [0.717, 1.165) is 23.0 Å². The zero-order valence-electron chi connectivity index (χ0n) is 15.3. The van der Waals surface area contributed by atoms with E-state index in [2.05, 4.69) is 41.2 Å². The maximum atomic E-state index is 12.9. The summed E-state index contributed by atoms with van der Waals surface area (Å²) in [6, 6.07) is 16.4. The molecular formula is C21H26N3O+. The fraction of sp³-hybridized carbons (Fsp3) is 0.286. The number of aromatic amines is 1. The fourth-order valence-corrected chi connectivity index (χ4v) is 3.12. The molecule has 0 radical (unpaired) electrons. The summed E-state index contributed by atoms with van der Waals surface area (Å²) in [7, 11) is 6.15. The Hall–Kier alpha value is -2.59. The van der Waals surface area contributed by atoms with Crippen LogP contribution in [-0.2, 0) is 6.54 Å². The smallest absolute Gasteiger partial charge is 0.221 e. The molecule has 1 aromatic heterocycles. The molecular weight excluding hydrogens is 310 g/mol. The van der Waals surface area contributed by atoms with E-state index in [0.29, 0.717) is 0 Å². The maximum Gasteiger partial charge on any atom is 0.221 e. The molecule has 0 aliphatic rings. The lowest BCUT2D eigenvalue weighted by Crippen LogP contribution is -3.12. The Bertz CT molecular complexity index is 864. The number of hydrogen-bond acceptors (Lipinski definition) is 2. The van der Waals surface area contributed by atoms with Crippen molar-refractivity contribution in [2.75, 3.05) is 26.0 Å². The zero-order chi connectivity index (χ0) is 18.0. The summed E-state index contributed by atoms with van der Waals surface area (Å²) in [6.07, 6.45) is 1.84. The molecule has 0 saturated heterocycles. The number of para-hydroxylation sites is 1. The molecule has 4 nitrogen and oxygen atoms in total. The Morgan fingerprint density at radius 2 is 1.80 bits per heavy atom. The van der Waals surface area contributed by atoms with Crippen molar-refractivity contribution in [3.05, 3.63) is 65.9 Å². The zero-order valence-corrected chi connectivity index (χ0v) is 15.3. The van der Waals surface area contributed by atoms with Gasteiger partial charge in [0.25, 0.3) is 0 Å². The normalized spacial score (nSPS) is 13.6. The van der Waals surface area contributed by atoms with Crippen molar-refractivity contribution in [3.63, 3.8) is 0 Å². The Labute approximate surface area is 149 Å². The fourth-order valence-electron chi connectivity index (χ4n) is 3.12. The summed E-state index contributed by atoms with van der Waals surface area (Å²) in [5.41, 5.74) is 4.21. The first-order chi connectivity index (χ1) is 12.0. The van der Waals surface area contributed by atoms with Gasteiger partial charge in [-0.3, -0.25) is 4.79 Å². The highest BCUT2D eigenvalue weighted by Gasteiger charge is 2.25. The number of likely N-dealkylation sites (N-methyl/N-ethyl adjacent to an activating group) is 1. The van der Waals surface area contributed by atoms with E-state index < -0.39 is 0 Å². The van der Waals surface area contributed by atoms with Crippen LogP contribution in [0.4, 0.5) is 5.69 Å². The number of carbonyl (C=O) groups excluding carboxylic acids is 1. The number of nitrogens with one attached hydrogen (secondary N) is 2. The van der Waals surface area contributed by atoms with Gasteiger partial charge in [0.1, 0.15) is 12.6 Å². The molecule has 0 amide bonds. The number of rotatable bonds is 6. The average Bonchev–Trinajstić information content (AvgIpc) is 3.05. The first-order valence-electron chi connectivity index (χ1n) is 8.66. The SMILES string of the molecule is C[C@H](C(=O)c1c[nH]c2ccccc12)[NH+](C)Cc1ccc(N(C)C)cc1. The molecule has 0 saturated carbocycles. The first kappa shape index (κ1) is 17.2. The molecule has 0 fully saturated rings. The molecule has 0 spiro atoms. The number of aromatic nitrogens is 1. The number of Topliss-reactive ketones (excluding diaryl/α,β-unsaturated/α-hetero) is 1. The monoisotopic (exact) mass is 336 g/mol. The summed E-state index contributed by atoms with van der Waals surface area (Å²) < 4.78 is 0. The van der Waals surface area contributed by atoms with E-state index in [9.17, 15) is 4.79 Å². The van der Waals surface area contributed by atoms with Gasteiger partial charge in [-0.05, 0) is 25.1 Å². The van der Waals surface area contributed by atoms with E-state index in [1.165, 1.54) is 16.2 Å². The van der Waals surface area contributed by atoms with Crippen molar-refractivity contribution in [2.24, 2.45) is 0 Å². The number of ketones is 1. The third kappa shape index (κ3) is 3.59. The number of nitrogens with zero attached hydrogens (tertiary/aromatic N) is 1. The van der Waals surface area contributed by atoms with Crippen molar-refractivity contribution in [1.29, 1.82) is 0 Å². The van der Waals surface area contributed by atoms with Crippen molar-refractivity contribution in [2.45, 2.75) is 19.5 Å². The van der Waals surface area contributed by atoms with Gasteiger partial charge in [0.2, 0.25) is 5.78 Å². The van der Waals surface area contributed by atoms with Gasteiger partial charge >= 0.3 is 0 Å². The van der Waals surface area contributed by atoms with Crippen molar-refractivity contribution < 1.29 is 9.69 Å². The molecule has 0 bridgehead atoms. The van der Waals surface area contributed by atoms with Gasteiger partial charge in [0.15, 0.2) is 0 Å². The minimum atomic E-state index is -0.104. The van der Waals surface area contributed by atoms with Gasteiger partial charge in [-0.1, -0.05) is 30.3 Å². The van der Waals surface area contributed by atoms with Crippen LogP contribution in [-0.4, -0.2) is 38.0 Å². The number of H-pyrrole nitrogens is 1. The topological polar surface area (TPSA) is 40.5 Å². The number of hydrogen-bond donors (Lipinski definition) is 2. The summed E-state index contributed by atoms with van der Waals surface area (Å²) in [5.74, 6) is 0.180. The van der Waals surface area contributed by atoms with Crippen LogP contribution in [0.25, 0.3) is 10.9 Å². The van der Waals surface area contributed by atoms with Gasteiger partial charge in [-0.25, -0.2) is 0 Å². The predicted octanol–water partition coefficient (Wildman–Crippen LogP) is 2.52. The van der Waals surface area contributed by atoms with Crippen molar-refractivity contribution in [1.82, 2.24) is 4.98 Å². The third-order valence-electron chi connectivity index (χ3n) is 4.92. The lowest BCUT2D eigenvalue weighted by Gasteiger charge is -2.21. The second-order valence-corrected chi connectivity index (χ2v) is 6.92. The molecule has 0 aliphatic carbocycles. The van der Waals surface area contributed by atoms with Gasteiger partial charge in [0, 0.05) is 48.0 Å². The molecule has 25 heavy (non-hydrogen) atoms. The second kappa shape index (κ2) is 7.11. The van der Waals surface area contributed by atoms with Gasteiger partial charge < -0.3 is 14.8 Å². The first-order valence-corrected chi connectivity index (χ1v) is 8.66. The molecule has 2 N–H and O–H groups in total. The Morgan fingerprint density at radius 1 is 1.12 bits per heavy atom. The van der Waals surface area contributed by atoms with E-state index in [-0.39, 0.29) is 11.8 Å². The van der Waals surface area contributed by atoms with Crippen LogP contribution in [0.1, 0.15) is 22.8 Å². The van der Waals surface area contributed by atoms with Crippen LogP contribution in [0.2, 0.25) is 0 Å². The Kier molecular flexibility index (Phi) is 4.91. The van der Waals surface area contributed by atoms with Crippen molar-refractivity contribution >= 4 is 22.4 Å². The van der Waals surface area contributed by atoms with Gasteiger partial charge in [0.05, 0.1) is 7.05 Å². The molecule has 130 valence electrons. The number of quaternary nitrogens is 1. The van der Waals surface area contributed by atoms with Crippen LogP contribution in [0.5, 0.6) is 0 Å². The lowest BCUT2D eigenvalue weighted by molar-refractivity contribution is -0.907. The van der Waals surface area contributed by atoms with Crippen LogP contribution < -0.4 is 9.80 Å². The summed E-state index contributed by atoms with van der Waals surface area (Å²) in [5, 5.41) is 1.00. The average molecular weight is 336 g/mol. The standard InChI is InChI=1S/C21H25N3O/c1-15(21(25)19-13-22-20-8-6-5-7-18(19)20)24(4)14-16-9-11-17(12-10-16)23(2)3/h5-13,15,22H,14H2,1-4H3/p+1/t15-/m1/s1. The molecule has 3 aromatic rings. The number of benzene rings is 2. The van der Waals surface area contributed by atoms with E-state index >= 15 is 0 Å².